The molecule has 0 aliphatic carbocycles. The van der Waals surface area contributed by atoms with Crippen LogP contribution in [0.25, 0.3) is 0 Å². The molecule has 33 nitrogen and oxygen atoms in total. The van der Waals surface area contributed by atoms with E-state index in [4.69, 9.17) is 15.9 Å². The Balaban J connectivity index is 6.31. The first kappa shape index (κ1) is 66.4. The summed E-state index contributed by atoms with van der Waals surface area (Å²) >= 11 is 0. The maximum absolute atomic E-state index is 13.6. The van der Waals surface area contributed by atoms with E-state index >= 15 is 0 Å². The first-order chi connectivity index (χ1) is 34.4. The van der Waals surface area contributed by atoms with Gasteiger partial charge in [0.15, 0.2) is 0 Å². The van der Waals surface area contributed by atoms with Crippen LogP contribution in [-0.4, -0.2) is 215 Å². The maximum Gasteiger partial charge on any atom is 0.326 e. The highest BCUT2D eigenvalue weighted by Gasteiger charge is 2.37. The van der Waals surface area contributed by atoms with E-state index in [1.54, 1.807) is 6.92 Å². The van der Waals surface area contributed by atoms with Gasteiger partial charge in [-0.15, -0.1) is 0 Å². The number of aliphatic hydroxyl groups excluding tert-OH is 4. The number of carboxylic acid groups (broad SMARTS) is 5. The van der Waals surface area contributed by atoms with E-state index in [1.165, 1.54) is 13.8 Å². The van der Waals surface area contributed by atoms with Gasteiger partial charge in [-0.05, 0) is 39.0 Å². The molecule has 0 fully saturated rings. The van der Waals surface area contributed by atoms with Crippen LogP contribution in [0.3, 0.4) is 0 Å². The number of amides is 9. The zero-order valence-electron chi connectivity index (χ0n) is 40.5. The van der Waals surface area contributed by atoms with E-state index in [1.807, 2.05) is 31.9 Å². The molecular formula is C41H66N10O23. The van der Waals surface area contributed by atoms with Gasteiger partial charge in [0, 0.05) is 19.3 Å². The van der Waals surface area contributed by atoms with Crippen LogP contribution in [0.15, 0.2) is 0 Å². The molecule has 0 unspecified atom stereocenters. The fourth-order valence-electron chi connectivity index (χ4n) is 6.09. The highest BCUT2D eigenvalue weighted by Crippen LogP contribution is 2.12. The zero-order valence-corrected chi connectivity index (χ0v) is 40.5. The Morgan fingerprint density at radius 2 is 0.689 bits per heavy atom. The smallest absolute Gasteiger partial charge is 0.326 e. The Bertz CT molecular complexity index is 2040. The molecular weight excluding hydrogens is 1000 g/mol. The summed E-state index contributed by atoms with van der Waals surface area (Å²) in [7, 11) is 0. The molecule has 0 bridgehead atoms. The molecule has 0 aliphatic rings. The summed E-state index contributed by atoms with van der Waals surface area (Å²) in [5.74, 6) is -20.1. The number of hydrogen-bond donors (Lipinski definition) is 19. The Morgan fingerprint density at radius 1 is 0.392 bits per heavy atom. The van der Waals surface area contributed by atoms with Crippen molar-refractivity contribution < 1.29 is 113 Å². The number of nitrogens with two attached hydrogens (primary N) is 1. The van der Waals surface area contributed by atoms with E-state index in [2.05, 4.69) is 16.0 Å². The summed E-state index contributed by atoms with van der Waals surface area (Å²) in [6.45, 7) is 1.71. The largest absolute Gasteiger partial charge is 0.481 e. The summed E-state index contributed by atoms with van der Waals surface area (Å²) in [5.41, 5.74) is 5.54. The number of nitrogens with one attached hydrogen (secondary N) is 9. The van der Waals surface area contributed by atoms with E-state index in [0.717, 1.165) is 6.92 Å². The first-order valence-electron chi connectivity index (χ1n) is 22.5. The Morgan fingerprint density at radius 3 is 1.01 bits per heavy atom. The highest BCUT2D eigenvalue weighted by molar-refractivity contribution is 5.99. The van der Waals surface area contributed by atoms with Crippen LogP contribution in [0.5, 0.6) is 0 Å². The van der Waals surface area contributed by atoms with Crippen LogP contribution in [0.4, 0.5) is 0 Å². The molecule has 0 aliphatic heterocycles. The van der Waals surface area contributed by atoms with Crippen molar-refractivity contribution in [2.75, 3.05) is 19.8 Å². The Hall–Kier alpha value is -7.62. The van der Waals surface area contributed by atoms with Gasteiger partial charge in [0.25, 0.3) is 0 Å². The van der Waals surface area contributed by atoms with Crippen LogP contribution in [-0.2, 0) is 67.1 Å². The van der Waals surface area contributed by atoms with Gasteiger partial charge >= 0.3 is 29.8 Å². The molecule has 0 saturated carbocycles. The second-order valence-corrected chi connectivity index (χ2v) is 16.6. The van der Waals surface area contributed by atoms with Crippen molar-refractivity contribution in [2.45, 2.75) is 146 Å². The first-order valence-corrected chi connectivity index (χ1v) is 22.5. The SMILES string of the molecule is CC[C@H](C)[C@H](NC(=O)[C@@H](NC(=O)[C@H](C)N)[C@@H](C)O)C(=O)N[C@@H](CCC(=O)O)C(=O)N[C@@H](CO)C(=O)N[C@@H](CO)C(=O)N[C@@H](CO)C(=O)N[C@@H](CC(=O)O)C(=O)N[C@@H](CCC(=O)O)C(=O)N[C@@H](CCC(=O)O)C(=O)O. The lowest BCUT2D eigenvalue weighted by Crippen LogP contribution is -2.62. The fraction of sp³-hybridized carbons (Fsp3) is 0.659. The number of aliphatic carboxylic acids is 5. The summed E-state index contributed by atoms with van der Waals surface area (Å²) in [5, 5.41) is 105. The molecule has 9 amide bonds. The zero-order chi connectivity index (χ0) is 57.2. The second-order valence-electron chi connectivity index (χ2n) is 16.6. The summed E-state index contributed by atoms with van der Waals surface area (Å²) in [6, 6.07) is -18.2. The van der Waals surface area contributed by atoms with Crippen molar-refractivity contribution in [3.63, 3.8) is 0 Å². The van der Waals surface area contributed by atoms with Gasteiger partial charge in [0.2, 0.25) is 53.2 Å². The second kappa shape index (κ2) is 33.2. The number of carbonyl (C=O) groups is 14. The monoisotopic (exact) mass is 1070 g/mol. The third-order valence-corrected chi connectivity index (χ3v) is 10.5. The molecule has 0 rings (SSSR count). The number of carboxylic acids is 5. The Kier molecular flexibility index (Phi) is 29.8. The average Bonchev–Trinajstić information content (AvgIpc) is 3.31. The topological polar surface area (TPSA) is 555 Å². The van der Waals surface area contributed by atoms with Gasteiger partial charge in [-0.2, -0.15) is 0 Å². The molecule has 0 heterocycles. The fourth-order valence-corrected chi connectivity index (χ4v) is 6.09. The minimum Gasteiger partial charge on any atom is -0.481 e. The van der Waals surface area contributed by atoms with Crippen LogP contribution in [0.1, 0.15) is 79.1 Å². The van der Waals surface area contributed by atoms with Gasteiger partial charge < -0.3 is 99.5 Å². The van der Waals surface area contributed by atoms with Crippen molar-refractivity contribution in [1.82, 2.24) is 47.9 Å². The maximum atomic E-state index is 13.6. The molecule has 0 aromatic carbocycles. The van der Waals surface area contributed by atoms with Crippen molar-refractivity contribution in [1.29, 1.82) is 0 Å². The minimum atomic E-state index is -2.18. The molecule has 0 radical (unpaired) electrons. The molecule has 0 spiro atoms. The average molecular weight is 1070 g/mol. The van der Waals surface area contributed by atoms with Gasteiger partial charge in [-0.25, -0.2) is 4.79 Å². The van der Waals surface area contributed by atoms with Crippen molar-refractivity contribution in [3.05, 3.63) is 0 Å². The van der Waals surface area contributed by atoms with E-state index < -0.39 is 220 Å². The van der Waals surface area contributed by atoms with Crippen LogP contribution in [0, 0.1) is 5.92 Å². The molecule has 20 N–H and O–H groups in total. The van der Waals surface area contributed by atoms with Crippen molar-refractivity contribution in [2.24, 2.45) is 11.7 Å². The molecule has 74 heavy (non-hydrogen) atoms. The van der Waals surface area contributed by atoms with Gasteiger partial charge in [0.05, 0.1) is 38.4 Å². The molecule has 33 heteroatoms. The number of aliphatic hydroxyl groups is 4. The minimum absolute atomic E-state index is 0.216. The summed E-state index contributed by atoms with van der Waals surface area (Å²) in [6.07, 6.45) is -6.96. The quantitative estimate of drug-likeness (QED) is 0.0277. The predicted octanol–water partition coefficient (Wildman–Crippen LogP) is -8.75. The lowest BCUT2D eigenvalue weighted by molar-refractivity contribution is -0.145. The highest BCUT2D eigenvalue weighted by atomic mass is 16.4. The third kappa shape index (κ3) is 24.2. The standard InChI is InChI=1S/C41H66N10O23/c1-5-16(2)30(50-40(72)31(18(4)55)51-32(64)17(3)42)39(71)44-20(7-10-27(58)59)34(66)47-24(14-53)37(69)49-25(15-54)38(70)48-23(13-52)36(68)46-22(12-29(62)63)35(67)43-19(6-9-26(56)57)33(65)45-21(41(73)74)8-11-28(60)61/h16-25,30-31,52-55H,5-15,42H2,1-4H3,(H,43,67)(H,44,71)(H,45,65)(H,46,68)(H,47,66)(H,48,70)(H,49,69)(H,50,72)(H,51,64)(H,56,57)(H,58,59)(H,60,61)(H,62,63)(H,73,74)/t16-,17-,18+,19-,20-,21-,22-,23-,24-,25-,30-,31-/m0/s1. The van der Waals surface area contributed by atoms with Gasteiger partial charge in [-0.1, -0.05) is 20.3 Å². The number of hydrogen-bond acceptors (Lipinski definition) is 19. The van der Waals surface area contributed by atoms with Crippen molar-refractivity contribution >= 4 is 83.0 Å². The number of carbonyl (C=O) groups excluding carboxylic acids is 9. The lowest BCUT2D eigenvalue weighted by Gasteiger charge is -2.29. The predicted molar refractivity (Wildman–Crippen MR) is 244 cm³/mol. The van der Waals surface area contributed by atoms with E-state index in [-0.39, 0.29) is 6.42 Å². The van der Waals surface area contributed by atoms with Crippen LogP contribution < -0.4 is 53.6 Å². The molecule has 0 aromatic rings. The normalized spacial score (nSPS) is 15.8. The van der Waals surface area contributed by atoms with Crippen molar-refractivity contribution in [3.8, 4) is 0 Å². The lowest BCUT2D eigenvalue weighted by atomic mass is 9.96. The van der Waals surface area contributed by atoms with E-state index in [9.17, 15) is 103 Å². The molecule has 0 aromatic heterocycles. The molecule has 0 saturated heterocycles. The summed E-state index contributed by atoms with van der Waals surface area (Å²) < 4.78 is 0. The van der Waals surface area contributed by atoms with Gasteiger partial charge in [-0.3, -0.25) is 62.3 Å². The van der Waals surface area contributed by atoms with E-state index in [0.29, 0.717) is 0 Å². The third-order valence-electron chi connectivity index (χ3n) is 10.5. The van der Waals surface area contributed by atoms with Gasteiger partial charge in [0.1, 0.15) is 54.4 Å². The van der Waals surface area contributed by atoms with Crippen LogP contribution >= 0.6 is 0 Å². The van der Waals surface area contributed by atoms with Crippen LogP contribution in [0.2, 0.25) is 0 Å². The molecule has 418 valence electrons. The Labute approximate surface area is 420 Å². The summed E-state index contributed by atoms with van der Waals surface area (Å²) in [4.78, 5) is 175. The molecule has 12 atom stereocenters. The number of rotatable bonds is 36.